The summed E-state index contributed by atoms with van der Waals surface area (Å²) >= 11 is 0. The Balaban J connectivity index is 1.66. The third-order valence-electron chi connectivity index (χ3n) is 5.36. The number of alkyl halides is 5. The van der Waals surface area contributed by atoms with Gasteiger partial charge in [0.1, 0.15) is 11.6 Å². The highest BCUT2D eigenvalue weighted by atomic mass is 19.4. The van der Waals surface area contributed by atoms with Gasteiger partial charge in [0, 0.05) is 0 Å². The highest BCUT2D eigenvalue weighted by Crippen LogP contribution is 2.36. The standard InChI is InChI=1S/C23H22F6O/c1-15-2-4-16(5-3-15)6-7-17-8-11-19(12-9-17)30-23(28,29)18-10-13-20(21(24)14-18)22(25,26)27/h6-16H,2-5H2,1H3/b7-6+. The summed E-state index contributed by atoms with van der Waals surface area (Å²) in [5.74, 6) is -0.688. The predicted molar refractivity (Wildman–Crippen MR) is 103 cm³/mol. The lowest BCUT2D eigenvalue weighted by Gasteiger charge is -2.23. The topological polar surface area (TPSA) is 9.23 Å². The molecule has 0 atom stereocenters. The van der Waals surface area contributed by atoms with Crippen molar-refractivity contribution in [2.45, 2.75) is 44.9 Å². The molecule has 7 heteroatoms. The maximum atomic E-state index is 14.3. The van der Waals surface area contributed by atoms with Crippen LogP contribution >= 0.6 is 0 Å². The van der Waals surface area contributed by atoms with E-state index in [2.05, 4.69) is 17.7 Å². The number of benzene rings is 2. The molecule has 2 aromatic rings. The Morgan fingerprint density at radius 1 is 0.900 bits per heavy atom. The van der Waals surface area contributed by atoms with Crippen molar-refractivity contribution in [1.29, 1.82) is 0 Å². The van der Waals surface area contributed by atoms with Crippen molar-refractivity contribution in [2.24, 2.45) is 11.8 Å². The summed E-state index contributed by atoms with van der Waals surface area (Å²) in [6.07, 6.45) is -0.222. The van der Waals surface area contributed by atoms with Crippen molar-refractivity contribution in [2.75, 3.05) is 0 Å². The van der Waals surface area contributed by atoms with Gasteiger partial charge < -0.3 is 4.74 Å². The fourth-order valence-corrected chi connectivity index (χ4v) is 3.51. The highest BCUT2D eigenvalue weighted by molar-refractivity contribution is 5.51. The molecule has 0 unspecified atom stereocenters. The van der Waals surface area contributed by atoms with Crippen LogP contribution in [0.5, 0.6) is 5.75 Å². The average molecular weight is 428 g/mol. The summed E-state index contributed by atoms with van der Waals surface area (Å²) in [5, 5.41) is 0. The largest absolute Gasteiger partial charge is 0.429 e. The summed E-state index contributed by atoms with van der Waals surface area (Å²) in [6, 6.07) is 6.84. The summed E-state index contributed by atoms with van der Waals surface area (Å²) in [6.45, 7) is 2.24. The van der Waals surface area contributed by atoms with E-state index in [1.54, 1.807) is 12.1 Å². The Morgan fingerprint density at radius 2 is 1.53 bits per heavy atom. The second kappa shape index (κ2) is 8.74. The Labute approximate surface area is 171 Å². The summed E-state index contributed by atoms with van der Waals surface area (Å²) in [5.41, 5.74) is -1.78. The van der Waals surface area contributed by atoms with Crippen LogP contribution in [-0.2, 0) is 12.3 Å². The van der Waals surface area contributed by atoms with E-state index in [-0.39, 0.29) is 17.9 Å². The molecule has 0 saturated heterocycles. The zero-order valence-electron chi connectivity index (χ0n) is 16.4. The molecule has 0 N–H and O–H groups in total. The van der Waals surface area contributed by atoms with E-state index >= 15 is 0 Å². The summed E-state index contributed by atoms with van der Waals surface area (Å²) in [4.78, 5) is 0. The van der Waals surface area contributed by atoms with E-state index in [4.69, 9.17) is 0 Å². The van der Waals surface area contributed by atoms with Crippen LogP contribution in [0.25, 0.3) is 6.08 Å². The SMILES string of the molecule is CC1CCC(/C=C/c2ccc(OC(F)(F)c3ccc(C(F)(F)F)c(F)c3)cc2)CC1. The van der Waals surface area contributed by atoms with E-state index in [1.165, 1.54) is 25.0 Å². The van der Waals surface area contributed by atoms with Gasteiger partial charge in [0.25, 0.3) is 0 Å². The molecule has 0 radical (unpaired) electrons. The average Bonchev–Trinajstić information content (AvgIpc) is 2.67. The van der Waals surface area contributed by atoms with Crippen molar-refractivity contribution in [3.63, 3.8) is 0 Å². The fourth-order valence-electron chi connectivity index (χ4n) is 3.51. The van der Waals surface area contributed by atoms with Gasteiger partial charge in [-0.1, -0.05) is 44.1 Å². The molecule has 0 spiro atoms. The van der Waals surface area contributed by atoms with Gasteiger partial charge in [-0.3, -0.25) is 0 Å². The molecular formula is C23H22F6O. The van der Waals surface area contributed by atoms with E-state index in [0.717, 1.165) is 24.3 Å². The monoisotopic (exact) mass is 428 g/mol. The number of hydrogen-bond donors (Lipinski definition) is 0. The van der Waals surface area contributed by atoms with E-state index in [0.29, 0.717) is 12.0 Å². The number of hydrogen-bond acceptors (Lipinski definition) is 1. The predicted octanol–water partition coefficient (Wildman–Crippen LogP) is 7.81. The van der Waals surface area contributed by atoms with E-state index in [9.17, 15) is 26.3 Å². The van der Waals surface area contributed by atoms with Gasteiger partial charge in [-0.2, -0.15) is 22.0 Å². The van der Waals surface area contributed by atoms with Gasteiger partial charge in [0.05, 0.1) is 11.1 Å². The summed E-state index contributed by atoms with van der Waals surface area (Å²) in [7, 11) is 0. The van der Waals surface area contributed by atoms with Gasteiger partial charge in [-0.25, -0.2) is 4.39 Å². The minimum absolute atomic E-state index is 0.144. The van der Waals surface area contributed by atoms with Crippen molar-refractivity contribution < 1.29 is 31.1 Å². The van der Waals surface area contributed by atoms with Gasteiger partial charge in [0.2, 0.25) is 0 Å². The smallest absolute Gasteiger partial charge is 0.426 e. The Hall–Kier alpha value is -2.44. The van der Waals surface area contributed by atoms with Crippen LogP contribution in [0.4, 0.5) is 26.3 Å². The Morgan fingerprint density at radius 3 is 2.10 bits per heavy atom. The zero-order chi connectivity index (χ0) is 21.9. The molecule has 0 bridgehead atoms. The molecule has 0 aromatic heterocycles. The lowest BCUT2D eigenvalue weighted by Crippen LogP contribution is -2.22. The number of halogens is 6. The fraction of sp³-hybridized carbons (Fsp3) is 0.391. The second-order valence-corrected chi connectivity index (χ2v) is 7.76. The lowest BCUT2D eigenvalue weighted by atomic mass is 9.83. The Kier molecular flexibility index (Phi) is 6.48. The maximum Gasteiger partial charge on any atom is 0.426 e. The van der Waals surface area contributed by atoms with Crippen LogP contribution in [0.15, 0.2) is 48.5 Å². The van der Waals surface area contributed by atoms with Crippen LogP contribution in [0, 0.1) is 17.7 Å². The van der Waals surface area contributed by atoms with Gasteiger partial charge in [-0.05, 0) is 60.6 Å². The number of allylic oxidation sites excluding steroid dienone is 1. The van der Waals surface area contributed by atoms with Crippen LogP contribution in [0.3, 0.4) is 0 Å². The zero-order valence-corrected chi connectivity index (χ0v) is 16.4. The van der Waals surface area contributed by atoms with Gasteiger partial charge in [0.15, 0.2) is 0 Å². The Bertz CT molecular complexity index is 878. The van der Waals surface area contributed by atoms with Gasteiger partial charge in [-0.15, -0.1) is 0 Å². The van der Waals surface area contributed by atoms with Crippen molar-refractivity contribution in [1.82, 2.24) is 0 Å². The molecule has 0 aliphatic heterocycles. The number of ether oxygens (including phenoxy) is 1. The van der Waals surface area contributed by atoms with Crippen LogP contribution in [0.2, 0.25) is 0 Å². The minimum Gasteiger partial charge on any atom is -0.429 e. The first-order chi connectivity index (χ1) is 14.0. The summed E-state index contributed by atoms with van der Waals surface area (Å²) < 4.78 is 84.6. The lowest BCUT2D eigenvalue weighted by molar-refractivity contribution is -0.186. The van der Waals surface area contributed by atoms with Crippen molar-refractivity contribution in [3.8, 4) is 5.75 Å². The molecule has 162 valence electrons. The van der Waals surface area contributed by atoms with E-state index in [1.807, 2.05) is 6.08 Å². The first-order valence-corrected chi connectivity index (χ1v) is 9.77. The van der Waals surface area contributed by atoms with Crippen LogP contribution < -0.4 is 4.74 Å². The first-order valence-electron chi connectivity index (χ1n) is 9.77. The minimum atomic E-state index is -4.96. The normalized spacial score (nSPS) is 20.5. The maximum absolute atomic E-state index is 14.3. The molecular weight excluding hydrogens is 406 g/mol. The third kappa shape index (κ3) is 5.58. The van der Waals surface area contributed by atoms with Crippen molar-refractivity contribution >= 4 is 6.08 Å². The third-order valence-corrected chi connectivity index (χ3v) is 5.36. The molecule has 1 nitrogen and oxygen atoms in total. The second-order valence-electron chi connectivity index (χ2n) is 7.76. The molecule has 3 rings (SSSR count). The van der Waals surface area contributed by atoms with Gasteiger partial charge >= 0.3 is 12.3 Å². The first kappa shape index (κ1) is 22.2. The van der Waals surface area contributed by atoms with E-state index < -0.39 is 29.2 Å². The molecule has 1 aliphatic carbocycles. The molecule has 2 aromatic carbocycles. The molecule has 1 saturated carbocycles. The van der Waals surface area contributed by atoms with Crippen LogP contribution in [-0.4, -0.2) is 0 Å². The quantitative estimate of drug-likeness (QED) is 0.441. The number of rotatable bonds is 5. The molecule has 1 fully saturated rings. The molecule has 0 amide bonds. The molecule has 1 aliphatic rings. The van der Waals surface area contributed by atoms with Crippen molar-refractivity contribution in [3.05, 3.63) is 71.0 Å². The molecule has 30 heavy (non-hydrogen) atoms. The van der Waals surface area contributed by atoms with Crippen LogP contribution in [0.1, 0.15) is 49.3 Å². The molecule has 0 heterocycles. The highest BCUT2D eigenvalue weighted by Gasteiger charge is 2.39.